The fourth-order valence-corrected chi connectivity index (χ4v) is 2.31. The van der Waals surface area contributed by atoms with Crippen LogP contribution in [0.3, 0.4) is 0 Å². The Morgan fingerprint density at radius 3 is 2.50 bits per heavy atom. The van der Waals surface area contributed by atoms with E-state index in [4.69, 9.17) is 17.4 Å². The molecule has 0 aliphatic rings. The van der Waals surface area contributed by atoms with E-state index in [1.165, 1.54) is 0 Å². The Morgan fingerprint density at radius 2 is 1.95 bits per heavy atom. The third-order valence-corrected chi connectivity index (χ3v) is 3.42. The minimum atomic E-state index is 0.277. The molecule has 20 heavy (non-hydrogen) atoms. The first-order chi connectivity index (χ1) is 9.54. The molecule has 2 N–H and O–H groups in total. The summed E-state index contributed by atoms with van der Waals surface area (Å²) in [6.07, 6.45) is 3.53. The second kappa shape index (κ2) is 6.20. The van der Waals surface area contributed by atoms with Crippen molar-refractivity contribution >= 4 is 17.4 Å². The lowest BCUT2D eigenvalue weighted by Crippen LogP contribution is -2.31. The van der Waals surface area contributed by atoms with Crippen LogP contribution in [0.5, 0.6) is 0 Å². The first kappa shape index (κ1) is 14.8. The number of hydrogen-bond donors (Lipinski definition) is 1. The predicted octanol–water partition coefficient (Wildman–Crippen LogP) is 3.62. The molecule has 4 nitrogen and oxygen atoms in total. The van der Waals surface area contributed by atoms with Crippen LogP contribution in [0.25, 0.3) is 11.1 Å². The predicted molar refractivity (Wildman–Crippen MR) is 83.8 cm³/mol. The van der Waals surface area contributed by atoms with Crippen molar-refractivity contribution in [3.63, 3.8) is 0 Å². The molecule has 0 amide bonds. The third-order valence-electron chi connectivity index (χ3n) is 3.14. The highest BCUT2D eigenvalue weighted by atomic mass is 35.5. The van der Waals surface area contributed by atoms with Crippen molar-refractivity contribution < 1.29 is 0 Å². The van der Waals surface area contributed by atoms with E-state index >= 15 is 0 Å². The zero-order chi connectivity index (χ0) is 14.7. The number of halogens is 1. The Hall–Kier alpha value is -1.65. The van der Waals surface area contributed by atoms with Crippen LogP contribution in [0.4, 0.5) is 5.82 Å². The van der Waals surface area contributed by atoms with E-state index in [0.717, 1.165) is 16.8 Å². The van der Waals surface area contributed by atoms with Crippen molar-refractivity contribution in [3.8, 4) is 11.1 Å². The van der Waals surface area contributed by atoms with Gasteiger partial charge < -0.3 is 0 Å². The van der Waals surface area contributed by atoms with Crippen molar-refractivity contribution in [3.05, 3.63) is 41.3 Å². The summed E-state index contributed by atoms with van der Waals surface area (Å²) < 4.78 is 0. The van der Waals surface area contributed by atoms with Gasteiger partial charge in [0.2, 0.25) is 0 Å². The van der Waals surface area contributed by atoms with Gasteiger partial charge in [-0.1, -0.05) is 25.4 Å². The van der Waals surface area contributed by atoms with Crippen LogP contribution in [0.2, 0.25) is 5.02 Å². The molecule has 0 saturated carbocycles. The second-order valence-electron chi connectivity index (χ2n) is 4.90. The summed E-state index contributed by atoms with van der Waals surface area (Å²) >= 11 is 6.33. The summed E-state index contributed by atoms with van der Waals surface area (Å²) in [5.41, 5.74) is 3.07. The van der Waals surface area contributed by atoms with E-state index in [1.807, 2.05) is 25.1 Å². The topological polar surface area (TPSA) is 55.0 Å². The van der Waals surface area contributed by atoms with Gasteiger partial charge >= 0.3 is 0 Å². The van der Waals surface area contributed by atoms with Gasteiger partial charge in [-0.3, -0.25) is 9.99 Å². The Labute approximate surface area is 124 Å². The van der Waals surface area contributed by atoms with Crippen LogP contribution in [0.15, 0.2) is 30.6 Å². The maximum absolute atomic E-state index is 6.33. The zero-order valence-electron chi connectivity index (χ0n) is 12.0. The molecule has 2 heterocycles. The molecule has 0 fully saturated rings. The maximum atomic E-state index is 6.33. The molecule has 2 aromatic heterocycles. The number of aromatic nitrogens is 2. The number of rotatable bonds is 4. The Morgan fingerprint density at radius 1 is 1.30 bits per heavy atom. The maximum Gasteiger partial charge on any atom is 0.161 e. The quantitative estimate of drug-likeness (QED) is 0.690. The Kier molecular flexibility index (Phi) is 4.57. The lowest BCUT2D eigenvalue weighted by molar-refractivity contribution is 0.802. The summed E-state index contributed by atoms with van der Waals surface area (Å²) in [5.74, 6) is 6.83. The van der Waals surface area contributed by atoms with E-state index < -0.39 is 0 Å². The molecule has 0 radical (unpaired) electrons. The van der Waals surface area contributed by atoms with Gasteiger partial charge in [-0.15, -0.1) is 0 Å². The summed E-state index contributed by atoms with van der Waals surface area (Å²) in [6, 6.07) is 5.85. The Balaban J connectivity index is 2.61. The zero-order valence-corrected chi connectivity index (χ0v) is 12.7. The van der Waals surface area contributed by atoms with Crippen LogP contribution in [0, 0.1) is 0 Å². The molecule has 0 spiro atoms. The summed E-state index contributed by atoms with van der Waals surface area (Å²) in [6.45, 7) is 6.83. The molecule has 0 bridgehead atoms. The van der Waals surface area contributed by atoms with E-state index in [0.29, 0.717) is 17.4 Å². The molecular formula is C15H19ClN4. The second-order valence-corrected chi connectivity index (χ2v) is 5.31. The molecule has 2 aromatic rings. The molecule has 2 rings (SSSR count). The minimum Gasteiger partial charge on any atom is -0.294 e. The van der Waals surface area contributed by atoms with Gasteiger partial charge in [0.15, 0.2) is 5.82 Å². The molecule has 0 aliphatic heterocycles. The monoisotopic (exact) mass is 290 g/mol. The van der Waals surface area contributed by atoms with E-state index in [1.54, 1.807) is 17.4 Å². The van der Waals surface area contributed by atoms with Crippen molar-refractivity contribution in [2.45, 2.75) is 26.7 Å². The first-order valence-corrected chi connectivity index (χ1v) is 7.05. The highest BCUT2D eigenvalue weighted by Gasteiger charge is 2.16. The summed E-state index contributed by atoms with van der Waals surface area (Å²) in [4.78, 5) is 8.71. The van der Waals surface area contributed by atoms with Gasteiger partial charge in [-0.25, -0.2) is 10.8 Å². The fraction of sp³-hybridized carbons (Fsp3) is 0.333. The normalized spacial score (nSPS) is 10.9. The average Bonchev–Trinajstić information content (AvgIpc) is 2.46. The third kappa shape index (κ3) is 2.92. The molecule has 106 valence electrons. The number of anilines is 1. The largest absolute Gasteiger partial charge is 0.294 e. The number of pyridine rings is 2. The van der Waals surface area contributed by atoms with Crippen LogP contribution in [-0.2, 0) is 0 Å². The van der Waals surface area contributed by atoms with Crippen LogP contribution in [-0.4, -0.2) is 16.5 Å². The van der Waals surface area contributed by atoms with Gasteiger partial charge in [-0.2, -0.15) is 0 Å². The molecule has 0 unspecified atom stereocenters. The van der Waals surface area contributed by atoms with Gasteiger partial charge in [-0.05, 0) is 36.6 Å². The van der Waals surface area contributed by atoms with Gasteiger partial charge in [0, 0.05) is 24.5 Å². The van der Waals surface area contributed by atoms with Crippen LogP contribution in [0.1, 0.15) is 32.4 Å². The van der Waals surface area contributed by atoms with Gasteiger partial charge in [0.05, 0.1) is 10.7 Å². The highest BCUT2D eigenvalue weighted by Crippen LogP contribution is 2.34. The summed E-state index contributed by atoms with van der Waals surface area (Å²) in [5, 5.41) is 2.12. The lowest BCUT2D eigenvalue weighted by Gasteiger charge is -2.21. The van der Waals surface area contributed by atoms with Crippen molar-refractivity contribution in [1.29, 1.82) is 0 Å². The molecule has 5 heteroatoms. The van der Waals surface area contributed by atoms with Gasteiger partial charge in [0.1, 0.15) is 0 Å². The van der Waals surface area contributed by atoms with Crippen molar-refractivity contribution in [1.82, 2.24) is 9.97 Å². The minimum absolute atomic E-state index is 0.277. The standard InChI is InChI=1S/C15H19ClN4/c1-4-20(17)15-13(16)9-12(14(19-15)10(2)3)11-5-7-18-8-6-11/h5-10H,4,17H2,1-3H3. The Bertz CT molecular complexity index is 584. The van der Waals surface area contributed by atoms with Gasteiger partial charge in [0.25, 0.3) is 0 Å². The molecule has 0 aliphatic carbocycles. The van der Waals surface area contributed by atoms with Crippen molar-refractivity contribution in [2.24, 2.45) is 5.84 Å². The highest BCUT2D eigenvalue weighted by molar-refractivity contribution is 6.33. The fourth-order valence-electron chi connectivity index (χ4n) is 2.05. The van der Waals surface area contributed by atoms with E-state index in [9.17, 15) is 0 Å². The number of hydrazine groups is 1. The number of hydrogen-bond acceptors (Lipinski definition) is 4. The van der Waals surface area contributed by atoms with E-state index in [-0.39, 0.29) is 5.92 Å². The number of nitrogens with zero attached hydrogens (tertiary/aromatic N) is 3. The average molecular weight is 291 g/mol. The SMILES string of the molecule is CCN(N)c1nc(C(C)C)c(-c2ccncc2)cc1Cl. The van der Waals surface area contributed by atoms with Crippen molar-refractivity contribution in [2.75, 3.05) is 11.6 Å². The van der Waals surface area contributed by atoms with E-state index in [2.05, 4.69) is 23.8 Å². The lowest BCUT2D eigenvalue weighted by atomic mass is 9.98. The molecular weight excluding hydrogens is 272 g/mol. The molecule has 0 aromatic carbocycles. The van der Waals surface area contributed by atoms with Crippen LogP contribution >= 0.6 is 11.6 Å². The molecule has 0 atom stereocenters. The van der Waals surface area contributed by atoms with Crippen LogP contribution < -0.4 is 10.9 Å². The summed E-state index contributed by atoms with van der Waals surface area (Å²) in [7, 11) is 0. The molecule has 0 saturated heterocycles. The first-order valence-electron chi connectivity index (χ1n) is 6.67. The smallest absolute Gasteiger partial charge is 0.161 e. The number of nitrogens with two attached hydrogens (primary N) is 1.